The second kappa shape index (κ2) is 10.1. The van der Waals surface area contributed by atoms with Crippen molar-refractivity contribution in [2.45, 2.75) is 20.0 Å². The fraction of sp³-hybridized carbons (Fsp3) is 0.391. The van der Waals surface area contributed by atoms with Gasteiger partial charge in [0.1, 0.15) is 5.75 Å². The molecule has 2 N–H and O–H groups in total. The van der Waals surface area contributed by atoms with E-state index in [2.05, 4.69) is 22.3 Å². The maximum Gasteiger partial charge on any atom is 0.338 e. The molecule has 1 aliphatic heterocycles. The van der Waals surface area contributed by atoms with Crippen molar-refractivity contribution in [3.8, 4) is 5.75 Å². The van der Waals surface area contributed by atoms with Crippen molar-refractivity contribution >= 4 is 23.3 Å². The monoisotopic (exact) mass is 412 g/mol. The molecule has 7 heteroatoms. The summed E-state index contributed by atoms with van der Waals surface area (Å²) in [5, 5.41) is 2.91. The van der Waals surface area contributed by atoms with Crippen LogP contribution < -0.4 is 19.9 Å². The molecule has 0 aromatic heterocycles. The van der Waals surface area contributed by atoms with Crippen molar-refractivity contribution in [3.05, 3.63) is 54.1 Å². The van der Waals surface area contributed by atoms with Crippen LogP contribution in [0.2, 0.25) is 0 Å². The number of esters is 1. The third-order valence-corrected chi connectivity index (χ3v) is 5.07. The second-order valence-corrected chi connectivity index (χ2v) is 7.69. The van der Waals surface area contributed by atoms with Gasteiger partial charge in [0.15, 0.2) is 6.54 Å². The summed E-state index contributed by atoms with van der Waals surface area (Å²) in [7, 11) is 1.66. The summed E-state index contributed by atoms with van der Waals surface area (Å²) in [4.78, 5) is 27.9. The summed E-state index contributed by atoms with van der Waals surface area (Å²) in [5.41, 5.74) is 2.33. The van der Waals surface area contributed by atoms with Crippen molar-refractivity contribution in [2.75, 3.05) is 50.1 Å². The van der Waals surface area contributed by atoms with Gasteiger partial charge in [-0.25, -0.2) is 4.79 Å². The van der Waals surface area contributed by atoms with E-state index >= 15 is 0 Å². The average Bonchev–Trinajstić information content (AvgIpc) is 2.74. The van der Waals surface area contributed by atoms with Gasteiger partial charge >= 0.3 is 5.97 Å². The third kappa shape index (κ3) is 5.97. The summed E-state index contributed by atoms with van der Waals surface area (Å²) in [5.74, 6) is 0.465. The molecule has 0 saturated carbocycles. The second-order valence-electron chi connectivity index (χ2n) is 7.69. The van der Waals surface area contributed by atoms with Gasteiger partial charge in [-0.3, -0.25) is 4.79 Å². The van der Waals surface area contributed by atoms with Gasteiger partial charge in [-0.1, -0.05) is 0 Å². The molecule has 1 amide bonds. The fourth-order valence-electron chi connectivity index (χ4n) is 3.45. The Morgan fingerprint density at radius 2 is 1.67 bits per heavy atom. The van der Waals surface area contributed by atoms with Crippen LogP contribution in [0.1, 0.15) is 24.2 Å². The Bertz CT molecular complexity index is 842. The lowest BCUT2D eigenvalue weighted by molar-refractivity contribution is -0.892. The van der Waals surface area contributed by atoms with Gasteiger partial charge in [0.2, 0.25) is 0 Å². The highest BCUT2D eigenvalue weighted by Gasteiger charge is 2.22. The van der Waals surface area contributed by atoms with Crippen LogP contribution in [0.25, 0.3) is 0 Å². The number of carbonyl (C=O) groups is 2. The summed E-state index contributed by atoms with van der Waals surface area (Å²) >= 11 is 0. The number of ether oxygens (including phenoxy) is 2. The highest BCUT2D eigenvalue weighted by atomic mass is 16.5. The molecule has 3 rings (SSSR count). The van der Waals surface area contributed by atoms with Crippen LogP contribution in [-0.4, -0.2) is 57.8 Å². The van der Waals surface area contributed by atoms with Gasteiger partial charge in [-0.2, -0.15) is 0 Å². The first-order valence-electron chi connectivity index (χ1n) is 10.3. The number of benzene rings is 2. The van der Waals surface area contributed by atoms with Gasteiger partial charge in [-0.15, -0.1) is 0 Å². The van der Waals surface area contributed by atoms with E-state index in [0.29, 0.717) is 17.8 Å². The Balaban J connectivity index is 1.45. The number of quaternary nitrogens is 1. The van der Waals surface area contributed by atoms with Crippen molar-refractivity contribution in [1.29, 1.82) is 0 Å². The van der Waals surface area contributed by atoms with Crippen LogP contribution in [0, 0.1) is 0 Å². The highest BCUT2D eigenvalue weighted by Crippen LogP contribution is 2.19. The van der Waals surface area contributed by atoms with Crippen molar-refractivity contribution < 1.29 is 24.0 Å². The van der Waals surface area contributed by atoms with Crippen molar-refractivity contribution in [1.82, 2.24) is 0 Å². The van der Waals surface area contributed by atoms with Crippen LogP contribution in [-0.2, 0) is 9.53 Å². The van der Waals surface area contributed by atoms with Gasteiger partial charge in [0.05, 0.1) is 45.0 Å². The minimum Gasteiger partial charge on any atom is -0.497 e. The zero-order chi connectivity index (χ0) is 21.5. The summed E-state index contributed by atoms with van der Waals surface area (Å²) in [6, 6.07) is 14.9. The first-order valence-corrected chi connectivity index (χ1v) is 10.3. The molecule has 0 radical (unpaired) electrons. The molecule has 0 unspecified atom stereocenters. The first kappa shape index (κ1) is 21.6. The molecule has 2 aromatic carbocycles. The van der Waals surface area contributed by atoms with Crippen molar-refractivity contribution in [3.63, 3.8) is 0 Å². The number of methoxy groups -OCH3 is 1. The zero-order valence-electron chi connectivity index (χ0n) is 17.8. The third-order valence-electron chi connectivity index (χ3n) is 5.07. The molecule has 2 aromatic rings. The average molecular weight is 413 g/mol. The number of carbonyl (C=O) groups excluding carboxylic acids is 2. The molecule has 1 saturated heterocycles. The largest absolute Gasteiger partial charge is 0.497 e. The molecule has 1 fully saturated rings. The molecular formula is C23H30N3O4+. The lowest BCUT2D eigenvalue weighted by atomic mass is 10.2. The van der Waals surface area contributed by atoms with Crippen molar-refractivity contribution in [2.24, 2.45) is 0 Å². The zero-order valence-corrected chi connectivity index (χ0v) is 17.8. The SMILES string of the molecule is COc1ccc(N2CC[NH+](CC(=O)Nc3ccc(C(=O)OC(C)C)cc3)CC2)cc1. The number of amides is 1. The molecule has 30 heavy (non-hydrogen) atoms. The molecule has 0 aliphatic carbocycles. The number of nitrogens with zero attached hydrogens (tertiary/aromatic N) is 1. The summed E-state index contributed by atoms with van der Waals surface area (Å²) in [6.45, 7) is 7.66. The van der Waals surface area contributed by atoms with Crippen LogP contribution >= 0.6 is 0 Å². The van der Waals surface area contributed by atoms with E-state index in [0.717, 1.165) is 31.9 Å². The number of rotatable bonds is 7. The minimum atomic E-state index is -0.359. The highest BCUT2D eigenvalue weighted by molar-refractivity contribution is 5.93. The molecular weight excluding hydrogens is 382 g/mol. The van der Waals surface area contributed by atoms with Gasteiger partial charge in [-0.05, 0) is 62.4 Å². The minimum absolute atomic E-state index is 0.0274. The number of piperazine rings is 1. The molecule has 160 valence electrons. The molecule has 1 heterocycles. The normalized spacial score (nSPS) is 14.5. The first-order chi connectivity index (χ1) is 14.4. The maximum atomic E-state index is 12.4. The smallest absolute Gasteiger partial charge is 0.338 e. The van der Waals surface area contributed by atoms with E-state index in [1.807, 2.05) is 26.0 Å². The number of hydrogen-bond donors (Lipinski definition) is 2. The Morgan fingerprint density at radius 3 is 2.23 bits per heavy atom. The van der Waals surface area contributed by atoms with E-state index in [-0.39, 0.29) is 18.0 Å². The predicted molar refractivity (Wildman–Crippen MR) is 116 cm³/mol. The number of nitrogens with one attached hydrogen (secondary N) is 2. The maximum absolute atomic E-state index is 12.4. The van der Waals surface area contributed by atoms with E-state index in [9.17, 15) is 9.59 Å². The lowest BCUT2D eigenvalue weighted by Crippen LogP contribution is -3.15. The molecule has 1 aliphatic rings. The van der Waals surface area contributed by atoms with E-state index in [4.69, 9.17) is 9.47 Å². The number of anilines is 2. The Kier molecular flexibility index (Phi) is 7.30. The van der Waals surface area contributed by atoms with Gasteiger partial charge in [0, 0.05) is 11.4 Å². The molecule has 7 nitrogen and oxygen atoms in total. The van der Waals surface area contributed by atoms with Crippen LogP contribution in [0.4, 0.5) is 11.4 Å². The quantitative estimate of drug-likeness (QED) is 0.676. The van der Waals surface area contributed by atoms with Gasteiger partial charge in [0.25, 0.3) is 5.91 Å². The van der Waals surface area contributed by atoms with Crippen LogP contribution in [0.5, 0.6) is 5.75 Å². The summed E-state index contributed by atoms with van der Waals surface area (Å²) < 4.78 is 10.4. The number of hydrogen-bond acceptors (Lipinski definition) is 5. The van der Waals surface area contributed by atoms with Crippen LogP contribution in [0.15, 0.2) is 48.5 Å². The molecule has 0 spiro atoms. The Morgan fingerprint density at radius 1 is 1.03 bits per heavy atom. The van der Waals surface area contributed by atoms with E-state index in [1.165, 1.54) is 10.6 Å². The lowest BCUT2D eigenvalue weighted by Gasteiger charge is -2.33. The van der Waals surface area contributed by atoms with Gasteiger partial charge < -0.3 is 24.6 Å². The Labute approximate surface area is 177 Å². The Hall–Kier alpha value is -3.06. The van der Waals surface area contributed by atoms with E-state index in [1.54, 1.807) is 31.4 Å². The van der Waals surface area contributed by atoms with Crippen LogP contribution in [0.3, 0.4) is 0 Å². The molecule has 0 bridgehead atoms. The predicted octanol–water partition coefficient (Wildman–Crippen LogP) is 1.60. The topological polar surface area (TPSA) is 72.3 Å². The summed E-state index contributed by atoms with van der Waals surface area (Å²) in [6.07, 6.45) is -0.162. The van der Waals surface area contributed by atoms with E-state index < -0.39 is 0 Å². The standard InChI is InChI=1S/C23H29N3O4/c1-17(2)30-23(28)18-4-6-19(7-5-18)24-22(27)16-25-12-14-26(15-13-25)20-8-10-21(29-3)11-9-20/h4-11,17H,12-16H2,1-3H3,(H,24,27)/p+1. The fourth-order valence-corrected chi connectivity index (χ4v) is 3.45. The molecule has 0 atom stereocenters.